The van der Waals surface area contributed by atoms with E-state index in [4.69, 9.17) is 0 Å². The Balaban J connectivity index is 1.09. The number of aromatic nitrogens is 5. The van der Waals surface area contributed by atoms with Gasteiger partial charge in [0.05, 0.1) is 24.4 Å². The van der Waals surface area contributed by atoms with Crippen molar-refractivity contribution in [2.45, 2.75) is 37.8 Å². The number of benzene rings is 1. The first-order chi connectivity index (χ1) is 18.5. The van der Waals surface area contributed by atoms with Crippen molar-refractivity contribution in [3.05, 3.63) is 60.6 Å². The van der Waals surface area contributed by atoms with Crippen LogP contribution >= 0.6 is 0 Å². The maximum absolute atomic E-state index is 13.4. The normalized spacial score (nSPS) is 17.8. The second kappa shape index (κ2) is 9.54. The highest BCUT2D eigenvalue weighted by Gasteiger charge is 2.48. The molecule has 10 nitrogen and oxygen atoms in total. The number of nitriles is 1. The SMILES string of the molecule is Cc1cc(F)ccc1NC(=O)N1CCC(N2CC(CC#N)(n3cc(-c4ncnc5[nH]ccc45)cn3)C2)CC1. The predicted octanol–water partition coefficient (Wildman–Crippen LogP) is 3.89. The molecule has 0 bridgehead atoms. The van der Waals surface area contributed by atoms with Crippen LogP contribution in [-0.2, 0) is 5.54 Å². The van der Waals surface area contributed by atoms with E-state index in [0.717, 1.165) is 48.2 Å². The summed E-state index contributed by atoms with van der Waals surface area (Å²) >= 11 is 0. The van der Waals surface area contributed by atoms with Crippen molar-refractivity contribution in [2.75, 3.05) is 31.5 Å². The molecule has 0 spiro atoms. The summed E-state index contributed by atoms with van der Waals surface area (Å²) in [5, 5.41) is 18.1. The topological polar surface area (TPSA) is 119 Å². The average Bonchev–Trinajstić information content (AvgIpc) is 3.58. The third-order valence-corrected chi connectivity index (χ3v) is 7.80. The van der Waals surface area contributed by atoms with Gasteiger partial charge in [-0.15, -0.1) is 0 Å². The van der Waals surface area contributed by atoms with Gasteiger partial charge < -0.3 is 15.2 Å². The van der Waals surface area contributed by atoms with Crippen LogP contribution in [-0.4, -0.2) is 72.8 Å². The van der Waals surface area contributed by atoms with Crippen molar-refractivity contribution >= 4 is 22.8 Å². The first kappa shape index (κ1) is 24.1. The van der Waals surface area contributed by atoms with Crippen molar-refractivity contribution in [1.82, 2.24) is 34.5 Å². The van der Waals surface area contributed by atoms with Gasteiger partial charge in [-0.3, -0.25) is 9.58 Å². The summed E-state index contributed by atoms with van der Waals surface area (Å²) < 4.78 is 15.3. The van der Waals surface area contributed by atoms with E-state index in [1.54, 1.807) is 19.2 Å². The lowest BCUT2D eigenvalue weighted by atomic mass is 9.84. The zero-order valence-electron chi connectivity index (χ0n) is 21.1. The fraction of sp³-hybridized carbons (Fsp3) is 0.370. The molecule has 38 heavy (non-hydrogen) atoms. The van der Waals surface area contributed by atoms with Crippen LogP contribution in [0.5, 0.6) is 0 Å². The van der Waals surface area contributed by atoms with Crippen LogP contribution < -0.4 is 5.32 Å². The number of fused-ring (bicyclic) bond motifs is 1. The van der Waals surface area contributed by atoms with E-state index in [1.807, 2.05) is 28.0 Å². The van der Waals surface area contributed by atoms with Gasteiger partial charge in [0.15, 0.2) is 0 Å². The van der Waals surface area contributed by atoms with Crippen LogP contribution in [0.25, 0.3) is 22.3 Å². The van der Waals surface area contributed by atoms with Crippen molar-refractivity contribution in [2.24, 2.45) is 0 Å². The van der Waals surface area contributed by atoms with Crippen molar-refractivity contribution in [3.63, 3.8) is 0 Å². The second-order valence-corrected chi connectivity index (χ2v) is 10.2. The number of carbonyl (C=O) groups is 1. The molecule has 3 aromatic heterocycles. The van der Waals surface area contributed by atoms with Crippen LogP contribution in [0.15, 0.2) is 49.2 Å². The zero-order valence-corrected chi connectivity index (χ0v) is 21.1. The molecule has 0 aliphatic carbocycles. The van der Waals surface area contributed by atoms with Crippen LogP contribution in [0.3, 0.4) is 0 Å². The highest BCUT2D eigenvalue weighted by molar-refractivity contribution is 5.90. The number of piperidine rings is 1. The number of urea groups is 1. The molecule has 0 radical (unpaired) electrons. The number of rotatable bonds is 5. The van der Waals surface area contributed by atoms with Gasteiger partial charge in [0.2, 0.25) is 0 Å². The number of likely N-dealkylation sites (tertiary alicyclic amines) is 2. The molecule has 0 saturated carbocycles. The van der Waals surface area contributed by atoms with Crippen LogP contribution in [0, 0.1) is 24.1 Å². The second-order valence-electron chi connectivity index (χ2n) is 10.2. The summed E-state index contributed by atoms with van der Waals surface area (Å²) in [4.78, 5) is 28.8. The highest BCUT2D eigenvalue weighted by Crippen LogP contribution is 2.37. The van der Waals surface area contributed by atoms with E-state index >= 15 is 0 Å². The third-order valence-electron chi connectivity index (χ3n) is 7.80. The summed E-state index contributed by atoms with van der Waals surface area (Å²) in [6, 6.07) is 8.85. The molecule has 2 N–H and O–H groups in total. The lowest BCUT2D eigenvalue weighted by Crippen LogP contribution is -2.66. The largest absolute Gasteiger partial charge is 0.346 e. The molecule has 0 atom stereocenters. The van der Waals surface area contributed by atoms with Crippen molar-refractivity contribution < 1.29 is 9.18 Å². The number of hydrogen-bond donors (Lipinski definition) is 2. The Kier molecular flexibility index (Phi) is 6.04. The number of halogens is 1. The number of nitrogens with one attached hydrogen (secondary N) is 2. The minimum atomic E-state index is -0.383. The Hall–Kier alpha value is -4.30. The van der Waals surface area contributed by atoms with E-state index in [2.05, 4.69) is 36.3 Å². The Morgan fingerprint density at radius 2 is 2.08 bits per heavy atom. The molecule has 0 unspecified atom stereocenters. The van der Waals surface area contributed by atoms with Gasteiger partial charge in [-0.1, -0.05) is 0 Å². The Morgan fingerprint density at radius 1 is 1.26 bits per heavy atom. The maximum atomic E-state index is 13.4. The lowest BCUT2D eigenvalue weighted by Gasteiger charge is -2.53. The Morgan fingerprint density at radius 3 is 2.84 bits per heavy atom. The number of anilines is 1. The monoisotopic (exact) mass is 513 g/mol. The average molecular weight is 514 g/mol. The maximum Gasteiger partial charge on any atom is 0.321 e. The van der Waals surface area contributed by atoms with E-state index < -0.39 is 0 Å². The van der Waals surface area contributed by atoms with Gasteiger partial charge in [0.25, 0.3) is 0 Å². The molecule has 2 fully saturated rings. The molecule has 2 aliphatic heterocycles. The molecule has 2 aliphatic rings. The molecular formula is C27H28FN9O. The summed E-state index contributed by atoms with van der Waals surface area (Å²) in [5.74, 6) is -0.318. The van der Waals surface area contributed by atoms with E-state index in [0.29, 0.717) is 36.8 Å². The number of aromatic amines is 1. The van der Waals surface area contributed by atoms with Crippen molar-refractivity contribution in [1.29, 1.82) is 5.26 Å². The van der Waals surface area contributed by atoms with Gasteiger partial charge in [-0.25, -0.2) is 19.2 Å². The molecule has 6 rings (SSSR count). The number of hydrogen-bond acceptors (Lipinski definition) is 6. The molecule has 1 aromatic carbocycles. The molecular weight excluding hydrogens is 485 g/mol. The molecule has 2 saturated heterocycles. The van der Waals surface area contributed by atoms with Gasteiger partial charge in [0, 0.05) is 61.3 Å². The number of amides is 2. The first-order valence-corrected chi connectivity index (χ1v) is 12.7. The standard InChI is InChI=1S/C27H28FN9O/c1-18-12-20(28)2-3-23(18)34-26(38)35-10-5-21(6-11-35)36-15-27(16-36,7-8-29)37-14-19(13-33-37)24-22-4-9-30-25(22)32-17-31-24/h2-4,9,12-14,17,21H,5-7,10-11,15-16H2,1H3,(H,34,38)(H,30,31,32). The summed E-state index contributed by atoms with van der Waals surface area (Å²) in [6.45, 7) is 4.53. The third kappa shape index (κ3) is 4.26. The predicted molar refractivity (Wildman–Crippen MR) is 140 cm³/mol. The molecule has 5 heterocycles. The number of aryl methyl sites for hydroxylation is 1. The van der Waals surface area contributed by atoms with Crippen molar-refractivity contribution in [3.8, 4) is 17.3 Å². The van der Waals surface area contributed by atoms with Gasteiger partial charge in [-0.05, 0) is 49.6 Å². The van der Waals surface area contributed by atoms with Crippen LogP contribution in [0.1, 0.15) is 24.8 Å². The first-order valence-electron chi connectivity index (χ1n) is 12.7. The summed E-state index contributed by atoms with van der Waals surface area (Å²) in [6.07, 6.45) is 9.24. The minimum absolute atomic E-state index is 0.161. The summed E-state index contributed by atoms with van der Waals surface area (Å²) in [5.41, 5.74) is 3.42. The number of nitrogens with zero attached hydrogens (tertiary/aromatic N) is 7. The summed E-state index contributed by atoms with van der Waals surface area (Å²) in [7, 11) is 0. The number of H-pyrrole nitrogens is 1. The Labute approximate surface area is 219 Å². The quantitative estimate of drug-likeness (QED) is 0.418. The van der Waals surface area contributed by atoms with E-state index in [9.17, 15) is 14.4 Å². The van der Waals surface area contributed by atoms with E-state index in [1.165, 1.54) is 18.5 Å². The number of carbonyl (C=O) groups excluding carboxylic acids is 1. The lowest BCUT2D eigenvalue weighted by molar-refractivity contribution is -0.0399. The minimum Gasteiger partial charge on any atom is -0.346 e. The van der Waals surface area contributed by atoms with E-state index in [-0.39, 0.29) is 17.4 Å². The van der Waals surface area contributed by atoms with Crippen LogP contribution in [0.4, 0.5) is 14.9 Å². The van der Waals surface area contributed by atoms with Gasteiger partial charge in [0.1, 0.15) is 23.3 Å². The molecule has 4 aromatic rings. The smallest absolute Gasteiger partial charge is 0.321 e. The fourth-order valence-electron chi connectivity index (χ4n) is 5.66. The molecule has 11 heteroatoms. The Bertz CT molecular complexity index is 1520. The molecule has 2 amide bonds. The molecule has 194 valence electrons. The fourth-order valence-corrected chi connectivity index (χ4v) is 5.66. The van der Waals surface area contributed by atoms with Gasteiger partial charge in [-0.2, -0.15) is 10.4 Å². The van der Waals surface area contributed by atoms with Gasteiger partial charge >= 0.3 is 6.03 Å². The van der Waals surface area contributed by atoms with Crippen LogP contribution in [0.2, 0.25) is 0 Å². The highest BCUT2D eigenvalue weighted by atomic mass is 19.1. The zero-order chi connectivity index (χ0) is 26.3.